The molecule has 1 aromatic carbocycles. The molecule has 1 N–H and O–H groups in total. The standard InChI is InChI=1S/C17H24N2S/c1-17(13-18-2,16-7-5-4-6-8-16)14-19(3)11-15-9-10-20-12-15/h4-10,12,18H,11,13-14H2,1-3H3. The molecule has 2 rings (SSSR count). The summed E-state index contributed by atoms with van der Waals surface area (Å²) in [5, 5.41) is 7.72. The molecule has 0 saturated carbocycles. The van der Waals surface area contributed by atoms with Gasteiger partial charge in [-0.2, -0.15) is 11.3 Å². The third kappa shape index (κ3) is 3.92. The summed E-state index contributed by atoms with van der Waals surface area (Å²) >= 11 is 1.77. The van der Waals surface area contributed by atoms with Gasteiger partial charge in [0.1, 0.15) is 0 Å². The van der Waals surface area contributed by atoms with E-state index in [-0.39, 0.29) is 5.41 Å². The summed E-state index contributed by atoms with van der Waals surface area (Å²) in [6, 6.07) is 13.0. The average Bonchev–Trinajstić information content (AvgIpc) is 2.92. The van der Waals surface area contributed by atoms with Gasteiger partial charge < -0.3 is 10.2 Å². The number of thiophene rings is 1. The van der Waals surface area contributed by atoms with Crippen LogP contribution in [0.3, 0.4) is 0 Å². The summed E-state index contributed by atoms with van der Waals surface area (Å²) in [7, 11) is 4.23. The molecule has 0 bridgehead atoms. The van der Waals surface area contributed by atoms with Crippen molar-refractivity contribution in [1.82, 2.24) is 10.2 Å². The summed E-state index contributed by atoms with van der Waals surface area (Å²) in [5.74, 6) is 0. The maximum atomic E-state index is 3.35. The van der Waals surface area contributed by atoms with Crippen LogP contribution in [0, 0.1) is 0 Å². The lowest BCUT2D eigenvalue weighted by Crippen LogP contribution is -2.43. The highest BCUT2D eigenvalue weighted by Gasteiger charge is 2.27. The van der Waals surface area contributed by atoms with Gasteiger partial charge in [0, 0.05) is 25.0 Å². The van der Waals surface area contributed by atoms with Crippen LogP contribution in [0.2, 0.25) is 0 Å². The molecule has 1 aromatic heterocycles. The highest BCUT2D eigenvalue weighted by molar-refractivity contribution is 7.07. The maximum Gasteiger partial charge on any atom is 0.0239 e. The fourth-order valence-electron chi connectivity index (χ4n) is 2.83. The molecule has 1 atom stereocenters. The predicted octanol–water partition coefficient (Wildman–Crippen LogP) is 3.36. The topological polar surface area (TPSA) is 15.3 Å². The molecule has 0 spiro atoms. The summed E-state index contributed by atoms with van der Waals surface area (Å²) in [5.41, 5.74) is 2.92. The van der Waals surface area contributed by atoms with E-state index in [1.807, 2.05) is 7.05 Å². The van der Waals surface area contributed by atoms with Crippen LogP contribution in [0.1, 0.15) is 18.1 Å². The zero-order valence-electron chi connectivity index (χ0n) is 12.6. The molecule has 0 amide bonds. The fourth-order valence-corrected chi connectivity index (χ4v) is 3.49. The van der Waals surface area contributed by atoms with Crippen molar-refractivity contribution in [1.29, 1.82) is 0 Å². The fraction of sp³-hybridized carbons (Fsp3) is 0.412. The molecular weight excluding hydrogens is 264 g/mol. The monoisotopic (exact) mass is 288 g/mol. The average molecular weight is 288 g/mol. The Hall–Kier alpha value is -1.16. The van der Waals surface area contributed by atoms with Crippen LogP contribution in [-0.2, 0) is 12.0 Å². The molecule has 1 heterocycles. The number of nitrogens with one attached hydrogen (secondary N) is 1. The van der Waals surface area contributed by atoms with Crippen molar-refractivity contribution in [2.24, 2.45) is 0 Å². The van der Waals surface area contributed by atoms with Crippen LogP contribution in [0.15, 0.2) is 47.2 Å². The van der Waals surface area contributed by atoms with E-state index in [9.17, 15) is 0 Å². The molecular formula is C17H24N2S. The minimum atomic E-state index is 0.126. The van der Waals surface area contributed by atoms with Crippen molar-refractivity contribution in [2.75, 3.05) is 27.2 Å². The van der Waals surface area contributed by atoms with Gasteiger partial charge in [-0.05, 0) is 42.0 Å². The minimum Gasteiger partial charge on any atom is -0.319 e. The second-order valence-electron chi connectivity index (χ2n) is 5.76. The second kappa shape index (κ2) is 7.02. The number of likely N-dealkylation sites (N-methyl/N-ethyl adjacent to an activating group) is 2. The molecule has 2 nitrogen and oxygen atoms in total. The van der Waals surface area contributed by atoms with Gasteiger partial charge in [0.2, 0.25) is 0 Å². The van der Waals surface area contributed by atoms with Gasteiger partial charge in [0.25, 0.3) is 0 Å². The van der Waals surface area contributed by atoms with E-state index in [0.717, 1.165) is 19.6 Å². The third-order valence-corrected chi connectivity index (χ3v) is 4.42. The van der Waals surface area contributed by atoms with Crippen LogP contribution in [-0.4, -0.2) is 32.1 Å². The summed E-state index contributed by atoms with van der Waals surface area (Å²) < 4.78 is 0. The van der Waals surface area contributed by atoms with E-state index in [1.54, 1.807) is 11.3 Å². The van der Waals surface area contributed by atoms with Crippen LogP contribution >= 0.6 is 11.3 Å². The molecule has 2 aromatic rings. The second-order valence-corrected chi connectivity index (χ2v) is 6.54. The van der Waals surface area contributed by atoms with Gasteiger partial charge in [-0.15, -0.1) is 0 Å². The Labute approximate surface area is 126 Å². The number of benzene rings is 1. The molecule has 1 unspecified atom stereocenters. The van der Waals surface area contributed by atoms with Gasteiger partial charge in [-0.3, -0.25) is 0 Å². The molecule has 3 heteroatoms. The van der Waals surface area contributed by atoms with Gasteiger partial charge in [0.15, 0.2) is 0 Å². The minimum absolute atomic E-state index is 0.126. The maximum absolute atomic E-state index is 3.35. The Balaban J connectivity index is 2.08. The Bertz CT molecular complexity index is 495. The van der Waals surface area contributed by atoms with E-state index in [1.165, 1.54) is 11.1 Å². The van der Waals surface area contributed by atoms with E-state index in [2.05, 4.69) is 71.3 Å². The van der Waals surface area contributed by atoms with Crippen LogP contribution in [0.25, 0.3) is 0 Å². The van der Waals surface area contributed by atoms with Crippen LogP contribution in [0.4, 0.5) is 0 Å². The van der Waals surface area contributed by atoms with E-state index >= 15 is 0 Å². The SMILES string of the molecule is CNCC(C)(CN(C)Cc1ccsc1)c1ccccc1. The number of rotatable bonds is 7. The quantitative estimate of drug-likeness (QED) is 0.840. The molecule has 20 heavy (non-hydrogen) atoms. The van der Waals surface area contributed by atoms with Crippen molar-refractivity contribution in [3.8, 4) is 0 Å². The lowest BCUT2D eigenvalue weighted by atomic mass is 9.82. The first-order valence-corrected chi connectivity index (χ1v) is 7.98. The van der Waals surface area contributed by atoms with Crippen molar-refractivity contribution in [3.63, 3.8) is 0 Å². The van der Waals surface area contributed by atoms with E-state index in [4.69, 9.17) is 0 Å². The van der Waals surface area contributed by atoms with Gasteiger partial charge in [0.05, 0.1) is 0 Å². The highest BCUT2D eigenvalue weighted by Crippen LogP contribution is 2.24. The Kier molecular flexibility index (Phi) is 5.35. The van der Waals surface area contributed by atoms with Crippen molar-refractivity contribution in [3.05, 3.63) is 58.3 Å². The van der Waals surface area contributed by atoms with Crippen molar-refractivity contribution < 1.29 is 0 Å². The number of nitrogens with zero attached hydrogens (tertiary/aromatic N) is 1. The van der Waals surface area contributed by atoms with Crippen molar-refractivity contribution >= 4 is 11.3 Å². The first kappa shape index (κ1) is 15.2. The zero-order valence-corrected chi connectivity index (χ0v) is 13.4. The highest BCUT2D eigenvalue weighted by atomic mass is 32.1. The van der Waals surface area contributed by atoms with Gasteiger partial charge in [-0.25, -0.2) is 0 Å². The molecule has 0 aliphatic heterocycles. The van der Waals surface area contributed by atoms with Crippen molar-refractivity contribution in [2.45, 2.75) is 18.9 Å². The van der Waals surface area contributed by atoms with Crippen LogP contribution < -0.4 is 5.32 Å². The zero-order chi connectivity index (χ0) is 14.4. The number of hydrogen-bond acceptors (Lipinski definition) is 3. The molecule has 108 valence electrons. The molecule has 0 aliphatic rings. The largest absolute Gasteiger partial charge is 0.319 e. The Morgan fingerprint density at radius 3 is 2.55 bits per heavy atom. The lowest BCUT2D eigenvalue weighted by Gasteiger charge is -2.34. The summed E-state index contributed by atoms with van der Waals surface area (Å²) in [4.78, 5) is 2.41. The number of hydrogen-bond donors (Lipinski definition) is 1. The van der Waals surface area contributed by atoms with Gasteiger partial charge >= 0.3 is 0 Å². The van der Waals surface area contributed by atoms with E-state index < -0.39 is 0 Å². The van der Waals surface area contributed by atoms with E-state index in [0.29, 0.717) is 0 Å². The smallest absolute Gasteiger partial charge is 0.0239 e. The Morgan fingerprint density at radius 2 is 1.95 bits per heavy atom. The molecule has 0 saturated heterocycles. The Morgan fingerprint density at radius 1 is 1.20 bits per heavy atom. The molecule has 0 fully saturated rings. The first-order chi connectivity index (χ1) is 9.64. The molecule has 0 radical (unpaired) electrons. The van der Waals surface area contributed by atoms with Crippen LogP contribution in [0.5, 0.6) is 0 Å². The summed E-state index contributed by atoms with van der Waals surface area (Å²) in [6.07, 6.45) is 0. The normalized spacial score (nSPS) is 14.4. The summed E-state index contributed by atoms with van der Waals surface area (Å²) in [6.45, 7) is 5.36. The predicted molar refractivity (Wildman–Crippen MR) is 88.4 cm³/mol. The van der Waals surface area contributed by atoms with Gasteiger partial charge in [-0.1, -0.05) is 37.3 Å². The first-order valence-electron chi connectivity index (χ1n) is 7.04. The lowest BCUT2D eigenvalue weighted by molar-refractivity contribution is 0.246. The molecule has 0 aliphatic carbocycles. The third-order valence-electron chi connectivity index (χ3n) is 3.69.